The quantitative estimate of drug-likeness (QED) is 0.822. The number of amides is 3. The minimum Gasteiger partial charge on any atom is -0.339 e. The van der Waals surface area contributed by atoms with Gasteiger partial charge in [0.1, 0.15) is 0 Å². The molecule has 1 aromatic heterocycles. The Balaban J connectivity index is 1.29. The maximum absolute atomic E-state index is 12.8. The van der Waals surface area contributed by atoms with Crippen molar-refractivity contribution in [1.29, 1.82) is 0 Å². The van der Waals surface area contributed by atoms with Crippen LogP contribution in [0.2, 0.25) is 0 Å². The number of piperazine rings is 1. The minimum absolute atomic E-state index is 0.0343. The van der Waals surface area contributed by atoms with E-state index in [2.05, 4.69) is 5.32 Å². The number of rotatable bonds is 5. The lowest BCUT2D eigenvalue weighted by molar-refractivity contribution is -0.132. The number of anilines is 1. The van der Waals surface area contributed by atoms with Crippen molar-refractivity contribution in [3.63, 3.8) is 0 Å². The van der Waals surface area contributed by atoms with E-state index in [1.165, 1.54) is 11.3 Å². The van der Waals surface area contributed by atoms with Crippen LogP contribution in [0.3, 0.4) is 0 Å². The highest BCUT2D eigenvalue weighted by atomic mass is 32.1. The van der Waals surface area contributed by atoms with Crippen LogP contribution in [0.1, 0.15) is 33.6 Å². The third-order valence-electron chi connectivity index (χ3n) is 5.53. The first kappa shape index (κ1) is 19.6. The smallest absolute Gasteiger partial charge is 0.264 e. The van der Waals surface area contributed by atoms with Crippen molar-refractivity contribution in [2.75, 3.05) is 31.5 Å². The molecule has 152 valence electrons. The molecule has 2 aromatic rings. The summed E-state index contributed by atoms with van der Waals surface area (Å²) in [5, 5.41) is 3.61. The molecule has 1 aromatic carbocycles. The summed E-state index contributed by atoms with van der Waals surface area (Å²) in [6.07, 6.45) is 2.31. The van der Waals surface area contributed by atoms with Gasteiger partial charge in [0.05, 0.1) is 16.3 Å². The van der Waals surface area contributed by atoms with Gasteiger partial charge in [-0.15, -0.1) is 11.3 Å². The van der Waals surface area contributed by atoms with Crippen LogP contribution < -0.4 is 5.32 Å². The van der Waals surface area contributed by atoms with E-state index >= 15 is 0 Å². The molecule has 2 heterocycles. The monoisotopic (exact) mass is 411 g/mol. The molecule has 2 fully saturated rings. The fourth-order valence-electron chi connectivity index (χ4n) is 3.49. The summed E-state index contributed by atoms with van der Waals surface area (Å²) in [5.74, 6) is 0.258. The Kier molecular flexibility index (Phi) is 5.67. The highest BCUT2D eigenvalue weighted by molar-refractivity contribution is 7.18. The zero-order valence-corrected chi connectivity index (χ0v) is 17.3. The van der Waals surface area contributed by atoms with E-state index in [0.29, 0.717) is 37.5 Å². The molecule has 4 rings (SSSR count). The van der Waals surface area contributed by atoms with Crippen LogP contribution in [0, 0.1) is 12.8 Å². The second-order valence-corrected chi connectivity index (χ2v) is 8.79. The van der Waals surface area contributed by atoms with E-state index in [9.17, 15) is 14.4 Å². The number of nitrogens with zero attached hydrogens (tertiary/aromatic N) is 2. The molecule has 0 radical (unpaired) electrons. The zero-order valence-electron chi connectivity index (χ0n) is 16.5. The summed E-state index contributed by atoms with van der Waals surface area (Å²) in [4.78, 5) is 41.5. The van der Waals surface area contributed by atoms with Crippen LogP contribution >= 0.6 is 11.3 Å². The highest BCUT2D eigenvalue weighted by Gasteiger charge is 2.30. The molecular formula is C22H25N3O3S. The number of carbonyl (C=O) groups is 3. The predicted molar refractivity (Wildman–Crippen MR) is 113 cm³/mol. The predicted octanol–water partition coefficient (Wildman–Crippen LogP) is 2.93. The van der Waals surface area contributed by atoms with Gasteiger partial charge in [-0.3, -0.25) is 14.4 Å². The van der Waals surface area contributed by atoms with Gasteiger partial charge in [0.2, 0.25) is 11.8 Å². The molecule has 0 unspecified atom stereocenters. The first-order valence-electron chi connectivity index (χ1n) is 10.0. The van der Waals surface area contributed by atoms with Gasteiger partial charge in [0, 0.05) is 32.1 Å². The van der Waals surface area contributed by atoms with Crippen LogP contribution in [0.4, 0.5) is 5.00 Å². The fraction of sp³-hybridized carbons (Fsp3) is 0.409. The van der Waals surface area contributed by atoms with Gasteiger partial charge >= 0.3 is 0 Å². The Morgan fingerprint density at radius 2 is 1.69 bits per heavy atom. The Morgan fingerprint density at radius 3 is 2.38 bits per heavy atom. The van der Waals surface area contributed by atoms with Crippen molar-refractivity contribution < 1.29 is 14.4 Å². The van der Waals surface area contributed by atoms with Crippen LogP contribution in [0.25, 0.3) is 0 Å². The molecule has 1 saturated heterocycles. The van der Waals surface area contributed by atoms with Gasteiger partial charge in [-0.1, -0.05) is 24.3 Å². The van der Waals surface area contributed by atoms with Gasteiger partial charge in [0.15, 0.2) is 0 Å². The van der Waals surface area contributed by atoms with Gasteiger partial charge in [-0.2, -0.15) is 0 Å². The first-order chi connectivity index (χ1) is 14.0. The Hall–Kier alpha value is -2.67. The summed E-state index contributed by atoms with van der Waals surface area (Å²) in [6.45, 7) is 4.17. The van der Waals surface area contributed by atoms with E-state index in [1.807, 2.05) is 36.1 Å². The lowest BCUT2D eigenvalue weighted by Crippen LogP contribution is -2.50. The second kappa shape index (κ2) is 8.37. The van der Waals surface area contributed by atoms with Gasteiger partial charge in [-0.25, -0.2) is 0 Å². The van der Waals surface area contributed by atoms with Crippen molar-refractivity contribution in [2.24, 2.45) is 5.92 Å². The maximum Gasteiger partial charge on any atom is 0.264 e. The first-order valence-corrected chi connectivity index (χ1v) is 10.8. The van der Waals surface area contributed by atoms with Crippen LogP contribution in [0.5, 0.6) is 0 Å². The lowest BCUT2D eigenvalue weighted by Gasteiger charge is -2.34. The van der Waals surface area contributed by atoms with Crippen LogP contribution in [-0.4, -0.2) is 53.7 Å². The maximum atomic E-state index is 12.8. The topological polar surface area (TPSA) is 69.7 Å². The summed E-state index contributed by atoms with van der Waals surface area (Å²) in [6, 6.07) is 11.5. The molecule has 29 heavy (non-hydrogen) atoms. The SMILES string of the molecule is Cc1ccccc1CC(=O)N1CCN(C(=O)c2ccc(NC(=O)C3CC3)s2)CC1. The number of benzene rings is 1. The molecule has 0 bridgehead atoms. The molecular weight excluding hydrogens is 386 g/mol. The number of hydrogen-bond acceptors (Lipinski definition) is 4. The van der Waals surface area contributed by atoms with E-state index in [1.54, 1.807) is 17.0 Å². The number of hydrogen-bond donors (Lipinski definition) is 1. The Labute approximate surface area is 174 Å². The largest absolute Gasteiger partial charge is 0.339 e. The summed E-state index contributed by atoms with van der Waals surface area (Å²) in [5.41, 5.74) is 2.17. The van der Waals surface area contributed by atoms with E-state index < -0.39 is 0 Å². The molecule has 1 aliphatic carbocycles. The molecule has 1 N–H and O–H groups in total. The van der Waals surface area contributed by atoms with Crippen molar-refractivity contribution in [2.45, 2.75) is 26.2 Å². The molecule has 1 aliphatic heterocycles. The van der Waals surface area contributed by atoms with Crippen molar-refractivity contribution >= 4 is 34.1 Å². The van der Waals surface area contributed by atoms with E-state index in [0.717, 1.165) is 29.0 Å². The van der Waals surface area contributed by atoms with Gasteiger partial charge in [-0.05, 0) is 43.0 Å². The van der Waals surface area contributed by atoms with E-state index in [4.69, 9.17) is 0 Å². The molecule has 6 nitrogen and oxygen atoms in total. The van der Waals surface area contributed by atoms with Crippen molar-refractivity contribution in [3.05, 3.63) is 52.4 Å². The average Bonchev–Trinajstić information content (AvgIpc) is 3.49. The van der Waals surface area contributed by atoms with Crippen molar-refractivity contribution in [3.8, 4) is 0 Å². The summed E-state index contributed by atoms with van der Waals surface area (Å²) >= 11 is 1.31. The highest BCUT2D eigenvalue weighted by Crippen LogP contribution is 2.32. The summed E-state index contributed by atoms with van der Waals surface area (Å²) in [7, 11) is 0. The zero-order chi connectivity index (χ0) is 20.4. The number of aryl methyl sites for hydroxylation is 1. The molecule has 7 heteroatoms. The normalized spacial score (nSPS) is 16.6. The average molecular weight is 412 g/mol. The number of carbonyl (C=O) groups excluding carboxylic acids is 3. The van der Waals surface area contributed by atoms with Gasteiger partial charge < -0.3 is 15.1 Å². The third-order valence-corrected chi connectivity index (χ3v) is 6.52. The lowest BCUT2D eigenvalue weighted by atomic mass is 10.1. The molecule has 2 aliphatic rings. The molecule has 0 spiro atoms. The fourth-order valence-corrected chi connectivity index (χ4v) is 4.36. The van der Waals surface area contributed by atoms with Crippen LogP contribution in [-0.2, 0) is 16.0 Å². The Bertz CT molecular complexity index is 927. The third kappa shape index (κ3) is 4.67. The Morgan fingerprint density at radius 1 is 1.00 bits per heavy atom. The standard InChI is InChI=1S/C22H25N3O3S/c1-15-4-2-3-5-17(15)14-20(26)24-10-12-25(13-11-24)22(28)18-8-9-19(29-18)23-21(27)16-6-7-16/h2-5,8-9,16H,6-7,10-14H2,1H3,(H,23,27). The van der Waals surface area contributed by atoms with Gasteiger partial charge in [0.25, 0.3) is 5.91 Å². The van der Waals surface area contributed by atoms with Crippen LogP contribution in [0.15, 0.2) is 36.4 Å². The molecule has 1 saturated carbocycles. The minimum atomic E-state index is -0.0343. The second-order valence-electron chi connectivity index (χ2n) is 7.70. The molecule has 3 amide bonds. The van der Waals surface area contributed by atoms with E-state index in [-0.39, 0.29) is 23.6 Å². The number of thiophene rings is 1. The summed E-state index contributed by atoms with van der Waals surface area (Å²) < 4.78 is 0. The number of nitrogens with one attached hydrogen (secondary N) is 1. The van der Waals surface area contributed by atoms with Crippen molar-refractivity contribution in [1.82, 2.24) is 9.80 Å². The molecule has 0 atom stereocenters.